The monoisotopic (exact) mass is 264 g/mol. The van der Waals surface area contributed by atoms with Crippen molar-refractivity contribution in [2.24, 2.45) is 5.73 Å². The second-order valence-electron chi connectivity index (χ2n) is 4.66. The van der Waals surface area contributed by atoms with E-state index in [1.807, 2.05) is 6.92 Å². The molecule has 0 aromatic carbocycles. The van der Waals surface area contributed by atoms with Gasteiger partial charge in [0.2, 0.25) is 0 Å². The Labute approximate surface area is 104 Å². The van der Waals surface area contributed by atoms with Gasteiger partial charge in [-0.05, 0) is 19.9 Å². The van der Waals surface area contributed by atoms with Gasteiger partial charge in [0.15, 0.2) is 0 Å². The lowest BCUT2D eigenvalue weighted by Crippen LogP contribution is -2.49. The summed E-state index contributed by atoms with van der Waals surface area (Å²) in [4.78, 5) is 2.24. The number of hydrogen-bond acceptors (Lipinski definition) is 5. The molecule has 0 amide bonds. The molecule has 6 heteroatoms. The molecule has 2 atom stereocenters. The van der Waals surface area contributed by atoms with Crippen molar-refractivity contribution in [2.45, 2.75) is 32.4 Å². The van der Waals surface area contributed by atoms with Crippen molar-refractivity contribution < 1.29 is 13.2 Å². The maximum Gasteiger partial charge on any atom is 0.150 e. The van der Waals surface area contributed by atoms with Crippen LogP contribution in [0.2, 0.25) is 0 Å². The van der Waals surface area contributed by atoms with Gasteiger partial charge in [-0.2, -0.15) is 0 Å². The topological polar surface area (TPSA) is 72.6 Å². The van der Waals surface area contributed by atoms with Crippen LogP contribution in [0.3, 0.4) is 0 Å². The Kier molecular flexibility index (Phi) is 5.85. The third-order valence-corrected chi connectivity index (χ3v) is 4.92. The van der Waals surface area contributed by atoms with Crippen LogP contribution in [-0.2, 0) is 14.6 Å². The first-order chi connectivity index (χ1) is 7.94. The fourth-order valence-electron chi connectivity index (χ4n) is 1.91. The Morgan fingerprint density at radius 1 is 1.53 bits per heavy atom. The van der Waals surface area contributed by atoms with Crippen LogP contribution in [0, 0.1) is 0 Å². The minimum Gasteiger partial charge on any atom is -0.374 e. The summed E-state index contributed by atoms with van der Waals surface area (Å²) in [6, 6.07) is 0.0252. The maximum absolute atomic E-state index is 11.4. The van der Waals surface area contributed by atoms with E-state index >= 15 is 0 Å². The van der Waals surface area contributed by atoms with Crippen molar-refractivity contribution in [1.29, 1.82) is 0 Å². The summed E-state index contributed by atoms with van der Waals surface area (Å²) >= 11 is 0. The third-order valence-electron chi connectivity index (χ3n) is 3.13. The molecule has 1 rings (SSSR count). The molecule has 1 heterocycles. The van der Waals surface area contributed by atoms with Gasteiger partial charge >= 0.3 is 0 Å². The first-order valence-electron chi connectivity index (χ1n) is 6.24. The fraction of sp³-hybridized carbons (Fsp3) is 1.00. The van der Waals surface area contributed by atoms with Crippen molar-refractivity contribution in [2.75, 3.05) is 37.7 Å². The van der Waals surface area contributed by atoms with Gasteiger partial charge in [0.05, 0.1) is 18.5 Å². The molecule has 17 heavy (non-hydrogen) atoms. The van der Waals surface area contributed by atoms with Crippen LogP contribution in [0.4, 0.5) is 0 Å². The summed E-state index contributed by atoms with van der Waals surface area (Å²) in [6.07, 6.45) is 0.772. The zero-order valence-corrected chi connectivity index (χ0v) is 11.6. The molecule has 0 spiro atoms. The zero-order chi connectivity index (χ0) is 12.9. The van der Waals surface area contributed by atoms with Crippen LogP contribution in [-0.4, -0.2) is 63.2 Å². The standard InChI is InChI=1S/C11H24N2O3S/c1-3-17(14,15)8-4-5-13-6-7-16-11(9-13)10(2)12/h10-11H,3-9,12H2,1-2H3. The summed E-state index contributed by atoms with van der Waals surface area (Å²) in [7, 11) is -2.83. The molecular formula is C11H24N2O3S. The number of hydrogen-bond donors (Lipinski definition) is 1. The van der Waals surface area contributed by atoms with Crippen molar-refractivity contribution in [3.63, 3.8) is 0 Å². The lowest BCUT2D eigenvalue weighted by Gasteiger charge is -2.34. The van der Waals surface area contributed by atoms with Crippen molar-refractivity contribution in [3.8, 4) is 0 Å². The molecule has 2 unspecified atom stereocenters. The van der Waals surface area contributed by atoms with Gasteiger partial charge in [-0.1, -0.05) is 6.92 Å². The number of morpholine rings is 1. The Morgan fingerprint density at radius 2 is 2.24 bits per heavy atom. The van der Waals surface area contributed by atoms with Crippen LogP contribution in [0.25, 0.3) is 0 Å². The van der Waals surface area contributed by atoms with Crippen LogP contribution in [0.5, 0.6) is 0 Å². The smallest absolute Gasteiger partial charge is 0.150 e. The summed E-state index contributed by atoms with van der Waals surface area (Å²) in [6.45, 7) is 6.81. The molecule has 1 aliphatic heterocycles. The lowest BCUT2D eigenvalue weighted by molar-refractivity contribution is -0.0373. The third kappa shape index (κ3) is 5.33. The van der Waals surface area contributed by atoms with Crippen LogP contribution >= 0.6 is 0 Å². The molecule has 102 valence electrons. The molecule has 0 radical (unpaired) electrons. The zero-order valence-electron chi connectivity index (χ0n) is 10.8. The maximum atomic E-state index is 11.4. The highest BCUT2D eigenvalue weighted by Crippen LogP contribution is 2.08. The molecular weight excluding hydrogens is 240 g/mol. The molecule has 2 N–H and O–H groups in total. The highest BCUT2D eigenvalue weighted by Gasteiger charge is 2.23. The Bertz CT molecular complexity index is 317. The quantitative estimate of drug-likeness (QED) is 0.723. The van der Waals surface area contributed by atoms with Gasteiger partial charge in [0.1, 0.15) is 9.84 Å². The van der Waals surface area contributed by atoms with Gasteiger partial charge in [-0.3, -0.25) is 4.90 Å². The molecule has 0 bridgehead atoms. The van der Waals surface area contributed by atoms with Crippen LogP contribution in [0.15, 0.2) is 0 Å². The van der Waals surface area contributed by atoms with E-state index in [9.17, 15) is 8.42 Å². The predicted octanol–water partition coefficient (Wildman–Crippen LogP) is -0.141. The second kappa shape index (κ2) is 6.68. The average molecular weight is 264 g/mol. The number of nitrogens with zero attached hydrogens (tertiary/aromatic N) is 1. The van der Waals surface area contributed by atoms with E-state index in [0.29, 0.717) is 13.0 Å². The van der Waals surface area contributed by atoms with Gasteiger partial charge in [0.25, 0.3) is 0 Å². The minimum absolute atomic E-state index is 0.0252. The molecule has 1 aliphatic rings. The second-order valence-corrected chi connectivity index (χ2v) is 7.13. The highest BCUT2D eigenvalue weighted by molar-refractivity contribution is 7.91. The largest absolute Gasteiger partial charge is 0.374 e. The van der Waals surface area contributed by atoms with E-state index < -0.39 is 9.84 Å². The van der Waals surface area contributed by atoms with Crippen LogP contribution in [0.1, 0.15) is 20.3 Å². The Hall–Kier alpha value is -0.170. The van der Waals surface area contributed by atoms with Crippen molar-refractivity contribution >= 4 is 9.84 Å². The van der Waals surface area contributed by atoms with E-state index in [1.165, 1.54) is 0 Å². The lowest BCUT2D eigenvalue weighted by atomic mass is 10.1. The summed E-state index contributed by atoms with van der Waals surface area (Å²) in [5, 5.41) is 0. The SMILES string of the molecule is CCS(=O)(=O)CCCN1CCOC(C(C)N)C1. The Balaban J connectivity index is 2.28. The van der Waals surface area contributed by atoms with Crippen LogP contribution < -0.4 is 5.73 Å². The van der Waals surface area contributed by atoms with Crippen molar-refractivity contribution in [1.82, 2.24) is 4.90 Å². The first kappa shape index (κ1) is 14.9. The average Bonchev–Trinajstić information content (AvgIpc) is 2.29. The van der Waals surface area contributed by atoms with E-state index in [0.717, 1.165) is 19.6 Å². The normalized spacial score (nSPS) is 24.8. The Morgan fingerprint density at radius 3 is 2.82 bits per heavy atom. The first-order valence-corrected chi connectivity index (χ1v) is 8.06. The predicted molar refractivity (Wildman–Crippen MR) is 68.8 cm³/mol. The molecule has 1 fully saturated rings. The van der Waals surface area contributed by atoms with Gasteiger partial charge in [-0.25, -0.2) is 8.42 Å². The molecule has 0 saturated carbocycles. The molecule has 0 aliphatic carbocycles. The summed E-state index contributed by atoms with van der Waals surface area (Å²) in [5.41, 5.74) is 5.80. The minimum atomic E-state index is -2.83. The summed E-state index contributed by atoms with van der Waals surface area (Å²) in [5.74, 6) is 0.516. The molecule has 0 aromatic heterocycles. The molecule has 5 nitrogen and oxygen atoms in total. The number of sulfone groups is 1. The van der Waals surface area contributed by atoms with Gasteiger partial charge in [-0.15, -0.1) is 0 Å². The number of nitrogens with two attached hydrogens (primary N) is 1. The fourth-order valence-corrected chi connectivity index (χ4v) is 2.76. The van der Waals surface area contributed by atoms with E-state index in [1.54, 1.807) is 6.92 Å². The summed E-state index contributed by atoms with van der Waals surface area (Å²) < 4.78 is 28.3. The van der Waals surface area contributed by atoms with Gasteiger partial charge < -0.3 is 10.5 Å². The molecule has 0 aromatic rings. The number of rotatable bonds is 6. The van der Waals surface area contributed by atoms with E-state index in [2.05, 4.69) is 4.90 Å². The van der Waals surface area contributed by atoms with Crippen molar-refractivity contribution in [3.05, 3.63) is 0 Å². The van der Waals surface area contributed by atoms with E-state index in [-0.39, 0.29) is 23.7 Å². The highest BCUT2D eigenvalue weighted by atomic mass is 32.2. The number of ether oxygens (including phenoxy) is 1. The van der Waals surface area contributed by atoms with Gasteiger partial charge in [0, 0.05) is 24.9 Å². The van der Waals surface area contributed by atoms with E-state index in [4.69, 9.17) is 10.5 Å². The molecule has 1 saturated heterocycles.